The fraction of sp³-hybridized carbons (Fsp3) is 0.292. The van der Waals surface area contributed by atoms with E-state index in [2.05, 4.69) is 14.9 Å². The quantitative estimate of drug-likeness (QED) is 0.569. The predicted molar refractivity (Wildman–Crippen MR) is 117 cm³/mol. The molecule has 9 heteroatoms. The van der Waals surface area contributed by atoms with Crippen molar-refractivity contribution >= 4 is 5.91 Å². The molecule has 0 N–H and O–H groups in total. The van der Waals surface area contributed by atoms with Gasteiger partial charge in [-0.05, 0) is 17.7 Å². The van der Waals surface area contributed by atoms with Gasteiger partial charge in [0.25, 0.3) is 5.91 Å². The third-order valence-corrected chi connectivity index (χ3v) is 5.62. The summed E-state index contributed by atoms with van der Waals surface area (Å²) in [7, 11) is 3.05. The van der Waals surface area contributed by atoms with Crippen molar-refractivity contribution < 1.29 is 23.0 Å². The van der Waals surface area contributed by atoms with Crippen molar-refractivity contribution in [1.82, 2.24) is 19.8 Å². The molecule has 1 unspecified atom stereocenters. The summed E-state index contributed by atoms with van der Waals surface area (Å²) in [5.74, 6) is -1.12. The molecule has 172 valence electrons. The highest BCUT2D eigenvalue weighted by Gasteiger charge is 2.32. The molecule has 1 amide bonds. The second-order valence-electron chi connectivity index (χ2n) is 7.55. The van der Waals surface area contributed by atoms with Crippen molar-refractivity contribution in [3.8, 4) is 11.8 Å². The zero-order valence-corrected chi connectivity index (χ0v) is 18.4. The first-order valence-corrected chi connectivity index (χ1v) is 10.5. The fourth-order valence-electron chi connectivity index (χ4n) is 3.95. The van der Waals surface area contributed by atoms with E-state index in [9.17, 15) is 13.6 Å². The summed E-state index contributed by atoms with van der Waals surface area (Å²) in [6.45, 7) is 1.53. The van der Waals surface area contributed by atoms with E-state index in [1.165, 1.54) is 25.2 Å². The van der Waals surface area contributed by atoms with E-state index in [0.717, 1.165) is 17.7 Å². The minimum atomic E-state index is -0.860. The lowest BCUT2D eigenvalue weighted by molar-refractivity contribution is 0.0582. The van der Waals surface area contributed by atoms with Gasteiger partial charge in [-0.3, -0.25) is 9.69 Å². The van der Waals surface area contributed by atoms with Crippen molar-refractivity contribution in [3.05, 3.63) is 83.2 Å². The van der Waals surface area contributed by atoms with Crippen LogP contribution in [0.1, 0.15) is 27.8 Å². The Hall–Kier alpha value is -3.59. The highest BCUT2D eigenvalue weighted by atomic mass is 19.1. The van der Waals surface area contributed by atoms with Crippen LogP contribution >= 0.6 is 0 Å². The van der Waals surface area contributed by atoms with Gasteiger partial charge in [-0.25, -0.2) is 8.78 Å². The molecule has 0 spiro atoms. The van der Waals surface area contributed by atoms with Gasteiger partial charge in [0.15, 0.2) is 5.82 Å². The summed E-state index contributed by atoms with van der Waals surface area (Å²) in [4.78, 5) is 25.5. The number of benzene rings is 2. The Balaban J connectivity index is 1.60. The van der Waals surface area contributed by atoms with Crippen LogP contribution in [0, 0.1) is 11.6 Å². The second-order valence-corrected chi connectivity index (χ2v) is 7.55. The molecule has 0 saturated carbocycles. The molecule has 2 heterocycles. The number of methoxy groups -OCH3 is 2. The number of carbonyl (C=O) groups excluding carboxylic acids is 1. The van der Waals surface area contributed by atoms with Crippen molar-refractivity contribution in [3.63, 3.8) is 0 Å². The highest BCUT2D eigenvalue weighted by Crippen LogP contribution is 2.30. The van der Waals surface area contributed by atoms with Crippen molar-refractivity contribution in [2.75, 3.05) is 40.4 Å². The number of ether oxygens (including phenoxy) is 2. The lowest BCUT2D eigenvalue weighted by Crippen LogP contribution is -2.50. The summed E-state index contributed by atoms with van der Waals surface area (Å²) in [5.41, 5.74) is 0.444. The van der Waals surface area contributed by atoms with Gasteiger partial charge in [0.1, 0.15) is 17.2 Å². The molecule has 3 aromatic rings. The Bertz CT molecular complexity index is 1080. The van der Waals surface area contributed by atoms with Gasteiger partial charge < -0.3 is 14.4 Å². The number of aromatic nitrogens is 2. The lowest BCUT2D eigenvalue weighted by atomic mass is 10.0. The summed E-state index contributed by atoms with van der Waals surface area (Å²) in [5, 5.41) is 0. The van der Waals surface area contributed by atoms with Crippen LogP contribution in [-0.2, 0) is 0 Å². The molecule has 0 bridgehead atoms. The largest absolute Gasteiger partial charge is 0.481 e. The van der Waals surface area contributed by atoms with Gasteiger partial charge in [-0.15, -0.1) is 0 Å². The van der Waals surface area contributed by atoms with E-state index in [1.54, 1.807) is 6.07 Å². The Morgan fingerprint density at radius 1 is 0.879 bits per heavy atom. The number of carbonyl (C=O) groups is 1. The molecule has 33 heavy (non-hydrogen) atoms. The second kappa shape index (κ2) is 9.91. The molecular formula is C24H24F2N4O3. The fourth-order valence-corrected chi connectivity index (χ4v) is 3.95. The van der Waals surface area contributed by atoms with Crippen LogP contribution in [0.4, 0.5) is 8.78 Å². The normalized spacial score (nSPS) is 15.2. The van der Waals surface area contributed by atoms with E-state index >= 15 is 0 Å². The van der Waals surface area contributed by atoms with Crippen LogP contribution in [0.25, 0.3) is 0 Å². The van der Waals surface area contributed by atoms with E-state index in [1.807, 2.05) is 30.3 Å². The first-order chi connectivity index (χ1) is 16.0. The van der Waals surface area contributed by atoms with Crippen molar-refractivity contribution in [2.45, 2.75) is 6.04 Å². The summed E-state index contributed by atoms with van der Waals surface area (Å²) in [6, 6.07) is 14.4. The molecule has 1 aromatic heterocycles. The zero-order valence-electron chi connectivity index (χ0n) is 18.4. The molecule has 1 fully saturated rings. The van der Waals surface area contributed by atoms with Gasteiger partial charge in [-0.2, -0.15) is 9.97 Å². The minimum absolute atomic E-state index is 0.303. The van der Waals surface area contributed by atoms with Crippen LogP contribution in [0.2, 0.25) is 0 Å². The number of amides is 1. The van der Waals surface area contributed by atoms with Crippen LogP contribution < -0.4 is 9.47 Å². The molecule has 1 saturated heterocycles. The lowest BCUT2D eigenvalue weighted by Gasteiger charge is -2.39. The maximum absolute atomic E-state index is 14.1. The molecule has 2 aromatic carbocycles. The number of hydrogen-bond acceptors (Lipinski definition) is 6. The van der Waals surface area contributed by atoms with Crippen LogP contribution in [0.5, 0.6) is 11.8 Å². The molecule has 0 aliphatic carbocycles. The monoisotopic (exact) mass is 454 g/mol. The standard InChI is InChI=1S/C24H24F2N4O3/c1-32-19-15-20(33-2)28-23(27-19)22(16-7-4-3-5-8-16)29-11-13-30(14-12-29)24(31)21-17(25)9-6-10-18(21)26/h3-10,15,22H,11-14H2,1-2H3. The van der Waals surface area contributed by atoms with Crippen LogP contribution in [0.3, 0.4) is 0 Å². The van der Waals surface area contributed by atoms with Crippen LogP contribution in [-0.4, -0.2) is 66.1 Å². The van der Waals surface area contributed by atoms with Crippen molar-refractivity contribution in [2.24, 2.45) is 0 Å². The maximum Gasteiger partial charge on any atom is 0.259 e. The van der Waals surface area contributed by atoms with Gasteiger partial charge >= 0.3 is 0 Å². The van der Waals surface area contributed by atoms with E-state index in [0.29, 0.717) is 43.8 Å². The Morgan fingerprint density at radius 2 is 1.45 bits per heavy atom. The van der Waals surface area contributed by atoms with Crippen molar-refractivity contribution in [1.29, 1.82) is 0 Å². The van der Waals surface area contributed by atoms with E-state index in [4.69, 9.17) is 9.47 Å². The van der Waals surface area contributed by atoms with Gasteiger partial charge in [0.05, 0.1) is 26.3 Å². The average molecular weight is 454 g/mol. The maximum atomic E-state index is 14.1. The number of halogens is 2. The smallest absolute Gasteiger partial charge is 0.259 e. The predicted octanol–water partition coefficient (Wildman–Crippen LogP) is 3.32. The highest BCUT2D eigenvalue weighted by molar-refractivity contribution is 5.94. The summed E-state index contributed by atoms with van der Waals surface area (Å²) in [6.07, 6.45) is 0. The summed E-state index contributed by atoms with van der Waals surface area (Å²) < 4.78 is 38.9. The molecule has 7 nitrogen and oxygen atoms in total. The Kier molecular flexibility index (Phi) is 6.79. The topological polar surface area (TPSA) is 67.8 Å². The molecular weight excluding hydrogens is 430 g/mol. The first kappa shape index (κ1) is 22.6. The van der Waals surface area contributed by atoms with Gasteiger partial charge in [-0.1, -0.05) is 36.4 Å². The molecule has 1 atom stereocenters. The third-order valence-electron chi connectivity index (χ3n) is 5.62. The third kappa shape index (κ3) is 4.78. The Labute approximate surface area is 190 Å². The van der Waals surface area contributed by atoms with Crippen LogP contribution in [0.15, 0.2) is 54.6 Å². The molecule has 1 aliphatic rings. The van der Waals surface area contributed by atoms with E-state index < -0.39 is 23.1 Å². The minimum Gasteiger partial charge on any atom is -0.481 e. The molecule has 4 rings (SSSR count). The summed E-state index contributed by atoms with van der Waals surface area (Å²) >= 11 is 0. The van der Waals surface area contributed by atoms with Gasteiger partial charge in [0.2, 0.25) is 11.8 Å². The zero-order chi connectivity index (χ0) is 23.4. The molecule has 1 aliphatic heterocycles. The molecule has 0 radical (unpaired) electrons. The number of rotatable bonds is 6. The first-order valence-electron chi connectivity index (χ1n) is 10.5. The number of hydrogen-bond donors (Lipinski definition) is 0. The average Bonchev–Trinajstić information content (AvgIpc) is 2.85. The Morgan fingerprint density at radius 3 is 2.00 bits per heavy atom. The SMILES string of the molecule is COc1cc(OC)nc(C(c2ccccc2)N2CCN(C(=O)c3c(F)cccc3F)CC2)n1. The number of piperazine rings is 1. The number of nitrogens with zero attached hydrogens (tertiary/aromatic N) is 4. The van der Waals surface area contributed by atoms with E-state index in [-0.39, 0.29) is 6.04 Å². The van der Waals surface area contributed by atoms with Gasteiger partial charge in [0, 0.05) is 26.2 Å².